The predicted molar refractivity (Wildman–Crippen MR) is 44.5 cm³/mol. The first kappa shape index (κ1) is 11.4. The maximum absolute atomic E-state index is 13.1. The number of halogens is 3. The lowest BCUT2D eigenvalue weighted by Gasteiger charge is -2.14. The molecule has 82 valence electrons. The monoisotopic (exact) mass is 220 g/mol. The number of carboxylic acids is 1. The first-order chi connectivity index (χ1) is 6.89. The van der Waals surface area contributed by atoms with E-state index in [1.807, 2.05) is 0 Å². The highest BCUT2D eigenvalue weighted by atomic mass is 19.3. The van der Waals surface area contributed by atoms with Crippen LogP contribution in [0.4, 0.5) is 13.2 Å². The molecule has 0 aliphatic carbocycles. The topological polar surface area (TPSA) is 46.5 Å². The Kier molecular flexibility index (Phi) is 2.88. The van der Waals surface area contributed by atoms with Gasteiger partial charge in [-0.15, -0.1) is 0 Å². The zero-order valence-electron chi connectivity index (χ0n) is 7.63. The molecule has 1 aromatic carbocycles. The maximum Gasteiger partial charge on any atom is 0.379 e. The molecule has 1 rings (SSSR count). The fourth-order valence-corrected chi connectivity index (χ4v) is 1.04. The van der Waals surface area contributed by atoms with Crippen LogP contribution in [0.25, 0.3) is 0 Å². The van der Waals surface area contributed by atoms with E-state index < -0.39 is 23.3 Å². The fourth-order valence-electron chi connectivity index (χ4n) is 1.04. The molecule has 0 radical (unpaired) electrons. The summed E-state index contributed by atoms with van der Waals surface area (Å²) in [6.45, 7) is 0. The van der Waals surface area contributed by atoms with E-state index in [2.05, 4.69) is 4.74 Å². The molecule has 0 aliphatic rings. The molecule has 0 amide bonds. The van der Waals surface area contributed by atoms with Gasteiger partial charge in [0.1, 0.15) is 11.6 Å². The summed E-state index contributed by atoms with van der Waals surface area (Å²) >= 11 is 0. The molecule has 1 aromatic rings. The average Bonchev–Trinajstić information content (AvgIpc) is 2.17. The van der Waals surface area contributed by atoms with Crippen LogP contribution in [0.15, 0.2) is 18.2 Å². The number of aliphatic carboxylic acids is 1. The lowest BCUT2D eigenvalue weighted by molar-refractivity contribution is -0.166. The highest BCUT2D eigenvalue weighted by Gasteiger charge is 2.43. The summed E-state index contributed by atoms with van der Waals surface area (Å²) in [5, 5.41) is 8.28. The molecule has 0 aliphatic heterocycles. The van der Waals surface area contributed by atoms with Gasteiger partial charge in [0.05, 0.1) is 12.7 Å². The van der Waals surface area contributed by atoms with E-state index in [-0.39, 0.29) is 5.75 Å². The Morgan fingerprint density at radius 2 is 2.07 bits per heavy atom. The van der Waals surface area contributed by atoms with Crippen molar-refractivity contribution in [1.29, 1.82) is 0 Å². The van der Waals surface area contributed by atoms with Crippen molar-refractivity contribution in [2.45, 2.75) is 5.92 Å². The van der Waals surface area contributed by atoms with Crippen LogP contribution in [0.1, 0.15) is 5.56 Å². The predicted octanol–water partition coefficient (Wildman–Crippen LogP) is 2.01. The van der Waals surface area contributed by atoms with Crippen molar-refractivity contribution >= 4 is 5.97 Å². The molecular weight excluding hydrogens is 213 g/mol. The number of alkyl halides is 2. The van der Waals surface area contributed by atoms with Gasteiger partial charge in [-0.05, 0) is 18.2 Å². The van der Waals surface area contributed by atoms with Crippen molar-refractivity contribution in [2.24, 2.45) is 0 Å². The maximum atomic E-state index is 13.1. The van der Waals surface area contributed by atoms with E-state index in [1.165, 1.54) is 0 Å². The first-order valence-electron chi connectivity index (χ1n) is 3.85. The first-order valence-corrected chi connectivity index (χ1v) is 3.85. The Morgan fingerprint density at radius 3 is 2.53 bits per heavy atom. The number of carbonyl (C=O) groups is 1. The second-order valence-corrected chi connectivity index (χ2v) is 2.72. The third kappa shape index (κ3) is 2.03. The lowest BCUT2D eigenvalue weighted by atomic mass is 10.1. The molecule has 0 atom stereocenters. The standard InChI is InChI=1S/C9H7F3O3/c1-15-7-3-2-5(10)4-6(7)9(11,12)8(13)14/h2-4H,1H3,(H,13,14). The fraction of sp³-hybridized carbons (Fsp3) is 0.222. The Morgan fingerprint density at radius 1 is 1.47 bits per heavy atom. The van der Waals surface area contributed by atoms with Crippen molar-refractivity contribution in [2.75, 3.05) is 7.11 Å². The van der Waals surface area contributed by atoms with E-state index >= 15 is 0 Å². The molecule has 0 saturated heterocycles. The summed E-state index contributed by atoms with van der Waals surface area (Å²) in [4.78, 5) is 10.3. The van der Waals surface area contributed by atoms with Crippen molar-refractivity contribution in [3.8, 4) is 5.75 Å². The van der Waals surface area contributed by atoms with Crippen molar-refractivity contribution in [3.63, 3.8) is 0 Å². The minimum Gasteiger partial charge on any atom is -0.496 e. The second-order valence-electron chi connectivity index (χ2n) is 2.72. The summed E-state index contributed by atoms with van der Waals surface area (Å²) in [7, 11) is 1.09. The summed E-state index contributed by atoms with van der Waals surface area (Å²) in [5.74, 6) is -7.85. The van der Waals surface area contributed by atoms with Gasteiger partial charge in [0.15, 0.2) is 0 Å². The van der Waals surface area contributed by atoms with Gasteiger partial charge in [0, 0.05) is 0 Å². The Labute approximate surface area is 83.1 Å². The van der Waals surface area contributed by atoms with Crippen LogP contribution in [0.3, 0.4) is 0 Å². The Bertz CT molecular complexity index is 390. The third-order valence-electron chi connectivity index (χ3n) is 1.77. The Hall–Kier alpha value is -1.72. The number of methoxy groups -OCH3 is 1. The molecule has 0 unspecified atom stereocenters. The number of rotatable bonds is 3. The van der Waals surface area contributed by atoms with Gasteiger partial charge in [-0.25, -0.2) is 9.18 Å². The molecule has 6 heteroatoms. The van der Waals surface area contributed by atoms with E-state index in [0.717, 1.165) is 19.2 Å². The smallest absolute Gasteiger partial charge is 0.379 e. The normalized spacial score (nSPS) is 11.2. The number of carboxylic acid groups (broad SMARTS) is 1. The molecule has 3 nitrogen and oxygen atoms in total. The van der Waals surface area contributed by atoms with Gasteiger partial charge in [-0.2, -0.15) is 8.78 Å². The van der Waals surface area contributed by atoms with Gasteiger partial charge in [0.2, 0.25) is 0 Å². The van der Waals surface area contributed by atoms with Gasteiger partial charge < -0.3 is 9.84 Å². The minimum atomic E-state index is -4.17. The summed E-state index contributed by atoms with van der Waals surface area (Å²) in [6.07, 6.45) is 0. The molecule has 0 spiro atoms. The molecule has 0 fully saturated rings. The molecule has 1 N–H and O–H groups in total. The van der Waals surface area contributed by atoms with Crippen LogP contribution in [0, 0.1) is 5.82 Å². The van der Waals surface area contributed by atoms with Crippen LogP contribution in [-0.4, -0.2) is 18.2 Å². The Balaban J connectivity index is 3.34. The van der Waals surface area contributed by atoms with E-state index in [4.69, 9.17) is 5.11 Å². The van der Waals surface area contributed by atoms with Crippen LogP contribution in [0.5, 0.6) is 5.75 Å². The molecule has 0 bridgehead atoms. The number of hydrogen-bond acceptors (Lipinski definition) is 2. The summed E-state index contributed by atoms with van der Waals surface area (Å²) in [6, 6.07) is 2.29. The van der Waals surface area contributed by atoms with Crippen molar-refractivity contribution in [3.05, 3.63) is 29.6 Å². The SMILES string of the molecule is COc1ccc(F)cc1C(F)(F)C(=O)O. The van der Waals surface area contributed by atoms with Gasteiger partial charge in [0.25, 0.3) is 0 Å². The summed E-state index contributed by atoms with van der Waals surface area (Å²) < 4.78 is 43.3. The molecule has 15 heavy (non-hydrogen) atoms. The van der Waals surface area contributed by atoms with Gasteiger partial charge in [-0.1, -0.05) is 0 Å². The zero-order chi connectivity index (χ0) is 11.6. The number of ether oxygens (including phenoxy) is 1. The van der Waals surface area contributed by atoms with E-state index in [0.29, 0.717) is 6.07 Å². The van der Waals surface area contributed by atoms with Crippen LogP contribution >= 0.6 is 0 Å². The molecule has 0 saturated carbocycles. The van der Waals surface area contributed by atoms with Crippen molar-refractivity contribution in [1.82, 2.24) is 0 Å². The number of benzene rings is 1. The second kappa shape index (κ2) is 3.80. The lowest BCUT2D eigenvalue weighted by Crippen LogP contribution is -2.26. The molecule has 0 aromatic heterocycles. The van der Waals surface area contributed by atoms with Gasteiger partial charge >= 0.3 is 11.9 Å². The van der Waals surface area contributed by atoms with E-state index in [1.54, 1.807) is 0 Å². The van der Waals surface area contributed by atoms with E-state index in [9.17, 15) is 18.0 Å². The quantitative estimate of drug-likeness (QED) is 0.847. The third-order valence-corrected chi connectivity index (χ3v) is 1.77. The summed E-state index contributed by atoms with van der Waals surface area (Å²) in [5.41, 5.74) is -1.00. The minimum absolute atomic E-state index is 0.371. The zero-order valence-corrected chi connectivity index (χ0v) is 7.63. The van der Waals surface area contributed by atoms with Gasteiger partial charge in [-0.3, -0.25) is 0 Å². The highest BCUT2D eigenvalue weighted by Crippen LogP contribution is 2.35. The van der Waals surface area contributed by atoms with Crippen molar-refractivity contribution < 1.29 is 27.8 Å². The van der Waals surface area contributed by atoms with Crippen LogP contribution in [0.2, 0.25) is 0 Å². The number of hydrogen-bond donors (Lipinski definition) is 1. The highest BCUT2D eigenvalue weighted by molar-refractivity contribution is 5.78. The van der Waals surface area contributed by atoms with Crippen LogP contribution < -0.4 is 4.74 Å². The average molecular weight is 220 g/mol. The molecular formula is C9H7F3O3. The molecule has 0 heterocycles. The largest absolute Gasteiger partial charge is 0.496 e. The van der Waals surface area contributed by atoms with Crippen LogP contribution in [-0.2, 0) is 10.7 Å².